The monoisotopic (exact) mass is 496 g/mol. The molecule has 4 aliphatic rings. The van der Waals surface area contributed by atoms with Crippen molar-refractivity contribution in [2.75, 3.05) is 39.0 Å². The molecule has 7 heteroatoms. The molecule has 4 fully saturated rings. The van der Waals surface area contributed by atoms with Gasteiger partial charge in [-0.2, -0.15) is 4.31 Å². The van der Waals surface area contributed by atoms with Gasteiger partial charge in [-0.05, 0) is 74.5 Å². The van der Waals surface area contributed by atoms with Crippen molar-refractivity contribution >= 4 is 15.8 Å². The highest BCUT2D eigenvalue weighted by molar-refractivity contribution is 7.88. The van der Waals surface area contributed by atoms with Gasteiger partial charge in [0.15, 0.2) is 0 Å². The number of Topliss-reactive ketones (excluding diaryl/α,β-unsaturated/α-hetero) is 1. The van der Waals surface area contributed by atoms with Crippen molar-refractivity contribution in [2.24, 2.45) is 29.1 Å². The maximum atomic E-state index is 13.4. The van der Waals surface area contributed by atoms with Gasteiger partial charge in [0.1, 0.15) is 5.78 Å². The number of rotatable bonds is 8. The Morgan fingerprint density at radius 1 is 1.03 bits per heavy atom. The zero-order valence-electron chi connectivity index (χ0n) is 21.8. The van der Waals surface area contributed by atoms with Crippen molar-refractivity contribution in [3.8, 4) is 0 Å². The van der Waals surface area contributed by atoms with E-state index in [0.717, 1.165) is 56.8 Å². The number of aliphatic hydroxyl groups is 1. The molecule has 34 heavy (non-hydrogen) atoms. The van der Waals surface area contributed by atoms with Gasteiger partial charge in [0.2, 0.25) is 10.0 Å². The lowest BCUT2D eigenvalue weighted by Crippen LogP contribution is -2.50. The van der Waals surface area contributed by atoms with E-state index in [-0.39, 0.29) is 11.3 Å². The summed E-state index contributed by atoms with van der Waals surface area (Å²) in [6.07, 6.45) is 14.9. The molecule has 0 spiro atoms. The van der Waals surface area contributed by atoms with Crippen LogP contribution in [-0.2, 0) is 14.8 Å². The number of sulfonamides is 1. The molecular weight excluding hydrogens is 448 g/mol. The number of carbonyl (C=O) groups excluding carboxylic acids is 1. The number of carbonyl (C=O) groups is 1. The van der Waals surface area contributed by atoms with Gasteiger partial charge in [0.05, 0.1) is 18.4 Å². The molecule has 0 amide bonds. The smallest absolute Gasteiger partial charge is 0.211 e. The van der Waals surface area contributed by atoms with Crippen LogP contribution in [0.5, 0.6) is 0 Å². The first-order valence-electron chi connectivity index (χ1n) is 14.0. The molecule has 6 unspecified atom stereocenters. The molecule has 0 aromatic heterocycles. The van der Waals surface area contributed by atoms with E-state index in [1.165, 1.54) is 42.7 Å². The number of hydrogen-bond donors (Lipinski definition) is 1. The molecule has 1 saturated heterocycles. The van der Waals surface area contributed by atoms with E-state index in [2.05, 4.69) is 18.7 Å². The van der Waals surface area contributed by atoms with Gasteiger partial charge in [0, 0.05) is 32.1 Å². The summed E-state index contributed by atoms with van der Waals surface area (Å²) in [5.74, 6) is 2.75. The third kappa shape index (κ3) is 5.90. The molecule has 6 nitrogen and oxygen atoms in total. The van der Waals surface area contributed by atoms with Crippen LogP contribution in [0.4, 0.5) is 0 Å². The second-order valence-electron chi connectivity index (χ2n) is 12.5. The number of hydrogen-bond acceptors (Lipinski definition) is 5. The zero-order valence-corrected chi connectivity index (χ0v) is 22.6. The highest BCUT2D eigenvalue weighted by Crippen LogP contribution is 2.52. The van der Waals surface area contributed by atoms with Crippen molar-refractivity contribution in [1.82, 2.24) is 9.21 Å². The van der Waals surface area contributed by atoms with Crippen molar-refractivity contribution < 1.29 is 18.3 Å². The highest BCUT2D eigenvalue weighted by Gasteiger charge is 2.46. The molecule has 3 aliphatic carbocycles. The number of piperazine rings is 1. The third-order valence-corrected chi connectivity index (χ3v) is 11.6. The third-order valence-electron chi connectivity index (χ3n) is 10.3. The van der Waals surface area contributed by atoms with E-state index in [1.807, 2.05) is 0 Å². The Balaban J connectivity index is 1.30. The minimum Gasteiger partial charge on any atom is -0.390 e. The fourth-order valence-electron chi connectivity index (χ4n) is 8.03. The number of ketones is 1. The predicted molar refractivity (Wildman–Crippen MR) is 136 cm³/mol. The second kappa shape index (κ2) is 10.5. The Labute approximate surface area is 207 Å². The summed E-state index contributed by atoms with van der Waals surface area (Å²) in [6.45, 7) is 7.25. The van der Waals surface area contributed by atoms with Crippen molar-refractivity contribution in [3.63, 3.8) is 0 Å². The Kier molecular flexibility index (Phi) is 8.18. The Morgan fingerprint density at radius 2 is 1.76 bits per heavy atom. The summed E-state index contributed by atoms with van der Waals surface area (Å²) in [5.41, 5.74) is -0.317. The van der Waals surface area contributed by atoms with Crippen molar-refractivity contribution in [3.05, 3.63) is 0 Å². The summed E-state index contributed by atoms with van der Waals surface area (Å²) in [7, 11) is -3.14. The summed E-state index contributed by atoms with van der Waals surface area (Å²) in [6, 6.07) is 0. The van der Waals surface area contributed by atoms with Gasteiger partial charge in [-0.3, -0.25) is 9.69 Å². The summed E-state index contributed by atoms with van der Waals surface area (Å²) >= 11 is 0. The normalized spacial score (nSPS) is 40.2. The Bertz CT molecular complexity index is 824. The summed E-state index contributed by atoms with van der Waals surface area (Å²) in [5, 5.41) is 10.9. The topological polar surface area (TPSA) is 77.9 Å². The summed E-state index contributed by atoms with van der Waals surface area (Å²) in [4.78, 5) is 15.5. The van der Waals surface area contributed by atoms with E-state index in [9.17, 15) is 18.3 Å². The fraction of sp³-hybridized carbons (Fsp3) is 0.963. The van der Waals surface area contributed by atoms with Crippen LogP contribution in [0.1, 0.15) is 90.9 Å². The van der Waals surface area contributed by atoms with Gasteiger partial charge in [0.25, 0.3) is 0 Å². The van der Waals surface area contributed by atoms with Crippen LogP contribution in [0, 0.1) is 29.1 Å². The molecular formula is C27H48N2O4S. The molecule has 1 heterocycles. The van der Waals surface area contributed by atoms with Gasteiger partial charge < -0.3 is 5.11 Å². The number of nitrogens with zero attached hydrogens (tertiary/aromatic N) is 2. The molecule has 6 atom stereocenters. The van der Waals surface area contributed by atoms with Gasteiger partial charge in [-0.15, -0.1) is 0 Å². The molecule has 1 aliphatic heterocycles. The first kappa shape index (κ1) is 26.6. The van der Waals surface area contributed by atoms with Crippen LogP contribution in [0.3, 0.4) is 0 Å². The van der Waals surface area contributed by atoms with E-state index in [0.29, 0.717) is 44.4 Å². The first-order chi connectivity index (χ1) is 16.0. The van der Waals surface area contributed by atoms with Crippen LogP contribution in [0.2, 0.25) is 0 Å². The average Bonchev–Trinajstić information content (AvgIpc) is 3.19. The maximum Gasteiger partial charge on any atom is 0.211 e. The van der Waals surface area contributed by atoms with Crippen LogP contribution >= 0.6 is 0 Å². The lowest BCUT2D eigenvalue weighted by Gasteiger charge is -2.48. The predicted octanol–water partition coefficient (Wildman–Crippen LogP) is 4.08. The van der Waals surface area contributed by atoms with Crippen LogP contribution in [0.25, 0.3) is 0 Å². The van der Waals surface area contributed by atoms with Gasteiger partial charge in [-0.25, -0.2) is 8.42 Å². The van der Waals surface area contributed by atoms with Crippen LogP contribution < -0.4 is 0 Å². The van der Waals surface area contributed by atoms with Crippen molar-refractivity contribution in [2.45, 2.75) is 96.5 Å². The lowest BCUT2D eigenvalue weighted by atomic mass is 9.59. The molecule has 0 aromatic carbocycles. The second-order valence-corrected chi connectivity index (χ2v) is 14.5. The molecule has 0 bridgehead atoms. The largest absolute Gasteiger partial charge is 0.390 e. The van der Waals surface area contributed by atoms with Crippen molar-refractivity contribution in [1.29, 1.82) is 0 Å². The highest BCUT2D eigenvalue weighted by atomic mass is 32.2. The molecule has 196 valence electrons. The Hall–Kier alpha value is -0.500. The van der Waals surface area contributed by atoms with E-state index < -0.39 is 15.6 Å². The molecule has 3 saturated carbocycles. The van der Waals surface area contributed by atoms with Gasteiger partial charge in [-0.1, -0.05) is 39.5 Å². The van der Waals surface area contributed by atoms with E-state index in [4.69, 9.17) is 0 Å². The maximum absolute atomic E-state index is 13.4. The average molecular weight is 497 g/mol. The number of fused-ring (bicyclic) bond motifs is 1. The zero-order chi connectivity index (χ0) is 24.6. The van der Waals surface area contributed by atoms with E-state index in [1.54, 1.807) is 0 Å². The standard InChI is InChI=1S/C27H48N2O4S/c1-4-27(31)14-11-23-21(7-5-8-22(23)19-27)10-13-26(2)12-6-9-24(26)25(30)20-28-15-17-29(18-16-28)34(3,32)33/h21-24,31H,4-20H2,1-3H3. The molecule has 0 aromatic rings. The first-order valence-corrected chi connectivity index (χ1v) is 15.8. The molecule has 0 radical (unpaired) electrons. The lowest BCUT2D eigenvalue weighted by molar-refractivity contribution is -0.127. The summed E-state index contributed by atoms with van der Waals surface area (Å²) < 4.78 is 25.1. The fourth-order valence-corrected chi connectivity index (χ4v) is 8.86. The minimum absolute atomic E-state index is 0.109. The molecule has 1 N–H and O–H groups in total. The Morgan fingerprint density at radius 3 is 2.44 bits per heavy atom. The van der Waals surface area contributed by atoms with Crippen LogP contribution in [0.15, 0.2) is 0 Å². The quantitative estimate of drug-likeness (QED) is 0.548. The van der Waals surface area contributed by atoms with Crippen LogP contribution in [-0.4, -0.2) is 73.1 Å². The van der Waals surface area contributed by atoms with Gasteiger partial charge >= 0.3 is 0 Å². The SMILES string of the molecule is CCC1(O)CCC2C(CCC3(C)CCCC3C(=O)CN3CCN(S(C)(=O)=O)CC3)CCCC2C1. The molecule has 4 rings (SSSR count). The minimum atomic E-state index is -3.14. The van der Waals surface area contributed by atoms with E-state index >= 15 is 0 Å².